The molecule has 0 saturated carbocycles. The van der Waals surface area contributed by atoms with E-state index in [1.807, 2.05) is 6.08 Å². The summed E-state index contributed by atoms with van der Waals surface area (Å²) in [6, 6.07) is -0.760. The summed E-state index contributed by atoms with van der Waals surface area (Å²) in [5.41, 5.74) is 0. The van der Waals surface area contributed by atoms with Gasteiger partial charge >= 0.3 is 0 Å². The van der Waals surface area contributed by atoms with E-state index in [0.29, 0.717) is 6.42 Å². The Kier molecular flexibility index (Phi) is 41.1. The first-order valence-corrected chi connectivity index (χ1v) is 22.8. The monoisotopic (exact) mass is 732 g/mol. The van der Waals surface area contributed by atoms with Crippen LogP contribution >= 0.6 is 0 Å². The molecular formula is C47H89NO4. The van der Waals surface area contributed by atoms with Crippen molar-refractivity contribution in [2.75, 3.05) is 6.61 Å². The maximum absolute atomic E-state index is 12.4. The zero-order chi connectivity index (χ0) is 38.0. The van der Waals surface area contributed by atoms with Crippen molar-refractivity contribution < 1.29 is 20.1 Å². The highest BCUT2D eigenvalue weighted by Gasteiger charge is 2.20. The van der Waals surface area contributed by atoms with Gasteiger partial charge in [0, 0.05) is 0 Å². The molecule has 0 heterocycles. The topological polar surface area (TPSA) is 89.8 Å². The highest BCUT2D eigenvalue weighted by Crippen LogP contribution is 2.15. The van der Waals surface area contributed by atoms with Crippen molar-refractivity contribution in [3.8, 4) is 0 Å². The van der Waals surface area contributed by atoms with Gasteiger partial charge in [0.2, 0.25) is 5.91 Å². The van der Waals surface area contributed by atoms with Gasteiger partial charge in [0.05, 0.1) is 31.3 Å². The Balaban J connectivity index is 3.61. The van der Waals surface area contributed by atoms with Gasteiger partial charge in [-0.05, 0) is 57.8 Å². The van der Waals surface area contributed by atoms with E-state index in [1.165, 1.54) is 173 Å². The van der Waals surface area contributed by atoms with Crippen molar-refractivity contribution in [2.24, 2.45) is 0 Å². The fourth-order valence-corrected chi connectivity index (χ4v) is 6.88. The Labute approximate surface area is 324 Å². The number of carbonyl (C=O) groups excluding carboxylic acids is 1. The smallest absolute Gasteiger partial charge is 0.222 e. The van der Waals surface area contributed by atoms with Crippen molar-refractivity contribution in [1.29, 1.82) is 0 Å². The predicted octanol–water partition coefficient (Wildman–Crippen LogP) is 13.2. The number of unbranched alkanes of at least 4 members (excludes halogenated alkanes) is 28. The summed E-state index contributed by atoms with van der Waals surface area (Å²) >= 11 is 0. The minimum Gasteiger partial charge on any atom is -0.394 e. The molecule has 3 unspecified atom stereocenters. The van der Waals surface area contributed by atoms with Gasteiger partial charge in [-0.3, -0.25) is 4.79 Å². The molecule has 0 saturated heterocycles. The Bertz CT molecular complexity index is 809. The molecule has 4 N–H and O–H groups in total. The van der Waals surface area contributed by atoms with Crippen LogP contribution in [0.3, 0.4) is 0 Å². The van der Waals surface area contributed by atoms with Crippen molar-refractivity contribution in [3.05, 3.63) is 36.5 Å². The van der Waals surface area contributed by atoms with Crippen molar-refractivity contribution >= 4 is 5.91 Å². The third kappa shape index (κ3) is 38.3. The van der Waals surface area contributed by atoms with Crippen LogP contribution < -0.4 is 5.32 Å². The maximum atomic E-state index is 12.4. The van der Waals surface area contributed by atoms with E-state index >= 15 is 0 Å². The van der Waals surface area contributed by atoms with Crippen LogP contribution in [0.2, 0.25) is 0 Å². The molecule has 5 nitrogen and oxygen atoms in total. The quantitative estimate of drug-likeness (QED) is 0.0372. The third-order valence-corrected chi connectivity index (χ3v) is 10.4. The molecule has 0 spiro atoms. The van der Waals surface area contributed by atoms with Crippen LogP contribution in [0, 0.1) is 0 Å². The number of aliphatic hydroxyl groups is 3. The second kappa shape index (κ2) is 42.3. The average molecular weight is 732 g/mol. The molecule has 52 heavy (non-hydrogen) atoms. The van der Waals surface area contributed by atoms with Gasteiger partial charge in [0.15, 0.2) is 0 Å². The van der Waals surface area contributed by atoms with E-state index < -0.39 is 18.2 Å². The summed E-state index contributed by atoms with van der Waals surface area (Å²) in [5, 5.41) is 33.1. The number of rotatable bonds is 41. The van der Waals surface area contributed by atoms with Crippen molar-refractivity contribution in [3.63, 3.8) is 0 Å². The number of nitrogens with one attached hydrogen (secondary N) is 1. The molecule has 306 valence electrons. The van der Waals surface area contributed by atoms with Gasteiger partial charge < -0.3 is 20.6 Å². The fraction of sp³-hybridized carbons (Fsp3) is 0.851. The first-order valence-electron chi connectivity index (χ1n) is 22.8. The Morgan fingerprint density at radius 1 is 0.481 bits per heavy atom. The third-order valence-electron chi connectivity index (χ3n) is 10.4. The molecular weight excluding hydrogens is 643 g/mol. The minimum absolute atomic E-state index is 0.00488. The van der Waals surface area contributed by atoms with Crippen LogP contribution in [-0.2, 0) is 4.79 Å². The van der Waals surface area contributed by atoms with E-state index in [0.717, 1.165) is 32.1 Å². The summed E-state index contributed by atoms with van der Waals surface area (Å²) in [4.78, 5) is 12.4. The lowest BCUT2D eigenvalue weighted by Crippen LogP contribution is -2.45. The zero-order valence-electron chi connectivity index (χ0n) is 34.7. The Morgan fingerprint density at radius 3 is 1.23 bits per heavy atom. The second-order valence-corrected chi connectivity index (χ2v) is 15.6. The summed E-state index contributed by atoms with van der Waals surface area (Å²) in [6.07, 6.45) is 53.0. The summed E-state index contributed by atoms with van der Waals surface area (Å²) in [6.45, 7) is 4.19. The van der Waals surface area contributed by atoms with Crippen LogP contribution in [0.15, 0.2) is 36.5 Å². The molecule has 0 aromatic carbocycles. The first-order chi connectivity index (χ1) is 25.5. The van der Waals surface area contributed by atoms with Crippen LogP contribution in [0.4, 0.5) is 0 Å². The minimum atomic E-state index is -0.950. The van der Waals surface area contributed by atoms with Gasteiger partial charge in [-0.25, -0.2) is 0 Å². The molecule has 0 aliphatic heterocycles. The average Bonchev–Trinajstić information content (AvgIpc) is 3.14. The highest BCUT2D eigenvalue weighted by molar-refractivity contribution is 5.76. The maximum Gasteiger partial charge on any atom is 0.222 e. The largest absolute Gasteiger partial charge is 0.394 e. The SMILES string of the molecule is CCCCCCCC/C=C/CC/C=C/C(O)C(CO)NC(=O)CC(O)CCCCCCCCCCC/C=C\CCCCCCCCCCCCCC. The predicted molar refractivity (Wildman–Crippen MR) is 227 cm³/mol. The van der Waals surface area contributed by atoms with Crippen molar-refractivity contribution in [2.45, 2.75) is 250 Å². The number of allylic oxidation sites excluding steroid dienone is 5. The normalized spacial score (nSPS) is 13.9. The second-order valence-electron chi connectivity index (χ2n) is 15.6. The standard InChI is InChI=1S/C47H89NO4/c1-3-5-7-9-11-13-15-17-18-19-20-21-22-23-24-25-26-27-28-29-30-32-34-36-38-40-44(50)42-47(52)48-45(43-49)46(51)41-39-37-35-33-31-16-14-12-10-8-6-4-2/h23-24,31,33,39,41,44-46,49-51H,3-22,25-30,32,34-38,40,42-43H2,1-2H3,(H,48,52)/b24-23-,33-31+,41-39+. The molecule has 0 aromatic rings. The molecule has 0 aliphatic rings. The molecule has 0 rings (SSSR count). The van der Waals surface area contributed by atoms with E-state index in [9.17, 15) is 20.1 Å². The van der Waals surface area contributed by atoms with Gasteiger partial charge in [-0.2, -0.15) is 0 Å². The van der Waals surface area contributed by atoms with E-state index in [1.54, 1.807) is 6.08 Å². The van der Waals surface area contributed by atoms with Crippen molar-refractivity contribution in [1.82, 2.24) is 5.32 Å². The van der Waals surface area contributed by atoms with Gasteiger partial charge in [0.25, 0.3) is 0 Å². The molecule has 3 atom stereocenters. The number of aliphatic hydroxyl groups excluding tert-OH is 3. The Hall–Kier alpha value is -1.43. The molecule has 0 bridgehead atoms. The number of hydrogen-bond donors (Lipinski definition) is 4. The van der Waals surface area contributed by atoms with Crippen LogP contribution in [0.1, 0.15) is 232 Å². The molecule has 0 aliphatic carbocycles. The number of hydrogen-bond acceptors (Lipinski definition) is 4. The summed E-state index contributed by atoms with van der Waals surface area (Å²) in [7, 11) is 0. The number of amides is 1. The molecule has 0 fully saturated rings. The van der Waals surface area contributed by atoms with E-state index in [-0.39, 0.29) is 18.9 Å². The zero-order valence-corrected chi connectivity index (χ0v) is 34.7. The molecule has 0 aromatic heterocycles. The van der Waals surface area contributed by atoms with E-state index in [2.05, 4.69) is 43.5 Å². The lowest BCUT2D eigenvalue weighted by molar-refractivity contribution is -0.124. The summed E-state index contributed by atoms with van der Waals surface area (Å²) < 4.78 is 0. The molecule has 0 radical (unpaired) electrons. The van der Waals surface area contributed by atoms with E-state index in [4.69, 9.17) is 0 Å². The van der Waals surface area contributed by atoms with Crippen LogP contribution in [-0.4, -0.2) is 46.1 Å². The van der Waals surface area contributed by atoms with Gasteiger partial charge in [-0.15, -0.1) is 0 Å². The van der Waals surface area contributed by atoms with Gasteiger partial charge in [-0.1, -0.05) is 204 Å². The highest BCUT2D eigenvalue weighted by atomic mass is 16.3. The lowest BCUT2D eigenvalue weighted by atomic mass is 10.0. The first kappa shape index (κ1) is 50.6. The lowest BCUT2D eigenvalue weighted by Gasteiger charge is -2.21. The fourth-order valence-electron chi connectivity index (χ4n) is 6.88. The molecule has 5 heteroatoms. The van der Waals surface area contributed by atoms with Crippen LogP contribution in [0.25, 0.3) is 0 Å². The Morgan fingerprint density at radius 2 is 0.827 bits per heavy atom. The number of carbonyl (C=O) groups is 1. The van der Waals surface area contributed by atoms with Gasteiger partial charge in [0.1, 0.15) is 0 Å². The molecule has 1 amide bonds. The summed E-state index contributed by atoms with van der Waals surface area (Å²) in [5.74, 6) is -0.327. The van der Waals surface area contributed by atoms with Crippen LogP contribution in [0.5, 0.6) is 0 Å².